The molecule has 2 fully saturated rings. The van der Waals surface area contributed by atoms with Gasteiger partial charge in [0.25, 0.3) is 10.2 Å². The third kappa shape index (κ3) is 5.21. The number of carbonyl (C=O) groups is 1. The number of esters is 1. The number of carbonyl (C=O) groups excluding carboxylic acids is 1. The van der Waals surface area contributed by atoms with Crippen LogP contribution in [-0.2, 0) is 19.7 Å². The first-order valence-electron chi connectivity index (χ1n) is 7.67. The normalized spacial score (nSPS) is 24.0. The van der Waals surface area contributed by atoms with Crippen molar-refractivity contribution in [1.29, 1.82) is 0 Å². The first-order chi connectivity index (χ1) is 10.0. The van der Waals surface area contributed by atoms with Crippen LogP contribution < -0.4 is 10.0 Å². The summed E-state index contributed by atoms with van der Waals surface area (Å²) in [6, 6.07) is 0.567. The molecular formula is C13H25N3O4S. The van der Waals surface area contributed by atoms with Gasteiger partial charge in [-0.25, -0.2) is 4.72 Å². The molecule has 8 heteroatoms. The lowest BCUT2D eigenvalue weighted by Crippen LogP contribution is -2.48. The van der Waals surface area contributed by atoms with Crippen molar-refractivity contribution in [3.8, 4) is 0 Å². The Morgan fingerprint density at radius 3 is 2.71 bits per heavy atom. The molecule has 21 heavy (non-hydrogen) atoms. The number of ether oxygens (including phenoxy) is 1. The van der Waals surface area contributed by atoms with Crippen LogP contribution >= 0.6 is 0 Å². The molecule has 7 nitrogen and oxygen atoms in total. The fourth-order valence-corrected chi connectivity index (χ4v) is 3.74. The predicted molar refractivity (Wildman–Crippen MR) is 78.9 cm³/mol. The number of rotatable bonds is 8. The minimum atomic E-state index is -3.51. The molecule has 0 amide bonds. The van der Waals surface area contributed by atoms with E-state index in [-0.39, 0.29) is 18.4 Å². The molecule has 0 radical (unpaired) electrons. The van der Waals surface area contributed by atoms with E-state index in [9.17, 15) is 13.2 Å². The van der Waals surface area contributed by atoms with Gasteiger partial charge in [0, 0.05) is 32.2 Å². The van der Waals surface area contributed by atoms with Crippen molar-refractivity contribution in [2.75, 3.05) is 32.8 Å². The molecular weight excluding hydrogens is 294 g/mol. The summed E-state index contributed by atoms with van der Waals surface area (Å²) in [5.41, 5.74) is 0. The zero-order valence-electron chi connectivity index (χ0n) is 12.5. The molecule has 1 heterocycles. The van der Waals surface area contributed by atoms with Gasteiger partial charge in [-0.15, -0.1) is 0 Å². The molecule has 1 aliphatic carbocycles. The number of piperidine rings is 1. The Bertz CT molecular complexity index is 450. The highest BCUT2D eigenvalue weighted by Gasteiger charge is 2.32. The van der Waals surface area contributed by atoms with Crippen LogP contribution in [0.25, 0.3) is 0 Å². The summed E-state index contributed by atoms with van der Waals surface area (Å²) < 4.78 is 33.3. The van der Waals surface area contributed by atoms with Crippen LogP contribution in [0.1, 0.15) is 32.6 Å². The number of nitrogens with zero attached hydrogens (tertiary/aromatic N) is 1. The zero-order chi connectivity index (χ0) is 15.3. The maximum Gasteiger partial charge on any atom is 0.310 e. The first kappa shape index (κ1) is 16.7. The Labute approximate surface area is 126 Å². The number of hydrogen-bond donors (Lipinski definition) is 2. The van der Waals surface area contributed by atoms with Gasteiger partial charge >= 0.3 is 5.97 Å². The van der Waals surface area contributed by atoms with Gasteiger partial charge in [0.1, 0.15) is 0 Å². The van der Waals surface area contributed by atoms with E-state index >= 15 is 0 Å². The second-order valence-corrected chi connectivity index (χ2v) is 7.33. The standard InChI is InChI=1S/C13H25N3O4S/c1-2-20-13(17)11-4-3-9-16(10-11)21(18,19)15-8-7-14-12-5-6-12/h11-12,14-15H,2-10H2,1H3. The van der Waals surface area contributed by atoms with Crippen LogP contribution in [0, 0.1) is 5.92 Å². The molecule has 1 atom stereocenters. The quantitative estimate of drug-likeness (QED) is 0.480. The summed E-state index contributed by atoms with van der Waals surface area (Å²) in [5.74, 6) is -0.646. The van der Waals surface area contributed by atoms with Crippen LogP contribution in [0.3, 0.4) is 0 Å². The van der Waals surface area contributed by atoms with E-state index in [4.69, 9.17) is 4.74 Å². The Morgan fingerprint density at radius 1 is 1.29 bits per heavy atom. The van der Waals surface area contributed by atoms with Crippen LogP contribution in [0.4, 0.5) is 0 Å². The number of hydrogen-bond acceptors (Lipinski definition) is 5. The molecule has 2 rings (SSSR count). The maximum atomic E-state index is 12.2. The number of nitrogens with one attached hydrogen (secondary N) is 2. The molecule has 0 spiro atoms. The molecule has 1 saturated heterocycles. The molecule has 0 aromatic carbocycles. The highest BCUT2D eigenvalue weighted by atomic mass is 32.2. The Kier molecular flexibility index (Phi) is 5.98. The van der Waals surface area contributed by atoms with E-state index in [1.54, 1.807) is 6.92 Å². The van der Waals surface area contributed by atoms with Crippen LogP contribution in [0.5, 0.6) is 0 Å². The molecule has 0 aromatic heterocycles. The molecule has 0 aromatic rings. The smallest absolute Gasteiger partial charge is 0.310 e. The fraction of sp³-hybridized carbons (Fsp3) is 0.923. The van der Waals surface area contributed by atoms with E-state index < -0.39 is 10.2 Å². The Hall–Kier alpha value is -0.700. The van der Waals surface area contributed by atoms with Crippen molar-refractivity contribution in [3.05, 3.63) is 0 Å². The molecule has 0 bridgehead atoms. The molecule has 2 aliphatic rings. The fourth-order valence-electron chi connectivity index (χ4n) is 2.45. The third-order valence-electron chi connectivity index (χ3n) is 3.76. The van der Waals surface area contributed by atoms with Crippen molar-refractivity contribution < 1.29 is 17.9 Å². The SMILES string of the molecule is CCOC(=O)C1CCCN(S(=O)(=O)NCCNC2CC2)C1. The molecule has 1 saturated carbocycles. The van der Waals surface area contributed by atoms with Crippen molar-refractivity contribution >= 4 is 16.2 Å². The molecule has 2 N–H and O–H groups in total. The second-order valence-electron chi connectivity index (χ2n) is 5.58. The van der Waals surface area contributed by atoms with Gasteiger partial charge in [0.15, 0.2) is 0 Å². The summed E-state index contributed by atoms with van der Waals surface area (Å²) in [6.07, 6.45) is 3.74. The van der Waals surface area contributed by atoms with Crippen LogP contribution in [0.2, 0.25) is 0 Å². The topological polar surface area (TPSA) is 87.7 Å². The van der Waals surface area contributed by atoms with Gasteiger partial charge < -0.3 is 10.1 Å². The monoisotopic (exact) mass is 319 g/mol. The minimum Gasteiger partial charge on any atom is -0.466 e. The minimum absolute atomic E-state index is 0.213. The van der Waals surface area contributed by atoms with Gasteiger partial charge in [-0.2, -0.15) is 12.7 Å². The van der Waals surface area contributed by atoms with Crippen LogP contribution in [0.15, 0.2) is 0 Å². The molecule has 1 unspecified atom stereocenters. The highest BCUT2D eigenvalue weighted by Crippen LogP contribution is 2.20. The third-order valence-corrected chi connectivity index (χ3v) is 5.34. The lowest BCUT2D eigenvalue weighted by Gasteiger charge is -2.30. The second kappa shape index (κ2) is 7.53. The van der Waals surface area contributed by atoms with Gasteiger partial charge in [0.05, 0.1) is 12.5 Å². The zero-order valence-corrected chi connectivity index (χ0v) is 13.3. The average molecular weight is 319 g/mol. The van der Waals surface area contributed by atoms with E-state index in [0.29, 0.717) is 45.1 Å². The van der Waals surface area contributed by atoms with E-state index in [0.717, 1.165) is 0 Å². The summed E-state index contributed by atoms with van der Waals surface area (Å²) in [4.78, 5) is 11.7. The van der Waals surface area contributed by atoms with Crippen molar-refractivity contribution in [1.82, 2.24) is 14.3 Å². The van der Waals surface area contributed by atoms with Gasteiger partial charge in [-0.05, 0) is 32.6 Å². The summed E-state index contributed by atoms with van der Waals surface area (Å²) >= 11 is 0. The van der Waals surface area contributed by atoms with Gasteiger partial charge in [0.2, 0.25) is 0 Å². The Balaban J connectivity index is 1.78. The van der Waals surface area contributed by atoms with E-state index in [1.165, 1.54) is 17.1 Å². The predicted octanol–water partition coefficient (Wildman–Crippen LogP) is -0.152. The molecule has 1 aliphatic heterocycles. The van der Waals surface area contributed by atoms with Crippen LogP contribution in [-0.4, -0.2) is 57.5 Å². The highest BCUT2D eigenvalue weighted by molar-refractivity contribution is 7.87. The van der Waals surface area contributed by atoms with E-state index in [2.05, 4.69) is 10.0 Å². The lowest BCUT2D eigenvalue weighted by atomic mass is 10.0. The maximum absolute atomic E-state index is 12.2. The largest absolute Gasteiger partial charge is 0.466 e. The summed E-state index contributed by atoms with van der Waals surface area (Å²) in [5, 5.41) is 3.26. The molecule has 122 valence electrons. The van der Waals surface area contributed by atoms with E-state index in [1.807, 2.05) is 0 Å². The summed E-state index contributed by atoms with van der Waals surface area (Å²) in [7, 11) is -3.51. The first-order valence-corrected chi connectivity index (χ1v) is 9.11. The van der Waals surface area contributed by atoms with Crippen molar-refractivity contribution in [2.24, 2.45) is 5.92 Å². The van der Waals surface area contributed by atoms with Crippen molar-refractivity contribution in [3.63, 3.8) is 0 Å². The van der Waals surface area contributed by atoms with Crippen molar-refractivity contribution in [2.45, 2.75) is 38.6 Å². The van der Waals surface area contributed by atoms with Gasteiger partial charge in [-0.3, -0.25) is 4.79 Å². The lowest BCUT2D eigenvalue weighted by molar-refractivity contribution is -0.149. The Morgan fingerprint density at radius 2 is 2.05 bits per heavy atom. The summed E-state index contributed by atoms with van der Waals surface area (Å²) in [6.45, 7) is 3.76. The average Bonchev–Trinajstić information content (AvgIpc) is 3.28. The van der Waals surface area contributed by atoms with Gasteiger partial charge in [-0.1, -0.05) is 0 Å².